The lowest BCUT2D eigenvalue weighted by atomic mass is 9.92. The summed E-state index contributed by atoms with van der Waals surface area (Å²) in [6.45, 7) is 2.36. The van der Waals surface area contributed by atoms with E-state index < -0.39 is 12.0 Å². The fourth-order valence-electron chi connectivity index (χ4n) is 4.61. The van der Waals surface area contributed by atoms with E-state index in [1.54, 1.807) is 7.11 Å². The summed E-state index contributed by atoms with van der Waals surface area (Å²) in [6.07, 6.45) is 2.80. The second-order valence-corrected chi connectivity index (χ2v) is 10.1. The maximum Gasteiger partial charge on any atom is 0.338 e. The monoisotopic (exact) mass is 533 g/mol. The number of carbonyl (C=O) groups excluding carboxylic acids is 2. The van der Waals surface area contributed by atoms with E-state index in [0.29, 0.717) is 35.8 Å². The highest BCUT2D eigenvalue weighted by Gasteiger charge is 2.42. The molecule has 2 aromatic rings. The van der Waals surface area contributed by atoms with Crippen molar-refractivity contribution in [3.8, 4) is 11.5 Å². The van der Waals surface area contributed by atoms with Gasteiger partial charge >= 0.3 is 5.97 Å². The number of hydrogen-bond acceptors (Lipinski definition) is 8. The van der Waals surface area contributed by atoms with Crippen LogP contribution in [0.15, 0.2) is 75.9 Å². The number of thioether (sulfide) groups is 1. The summed E-state index contributed by atoms with van der Waals surface area (Å²) in [6, 6.07) is 15.3. The Morgan fingerprint density at radius 3 is 2.58 bits per heavy atom. The molecule has 198 valence electrons. The van der Waals surface area contributed by atoms with Crippen LogP contribution in [0.3, 0.4) is 0 Å². The van der Waals surface area contributed by atoms with Crippen LogP contribution in [0.5, 0.6) is 11.5 Å². The normalized spacial score (nSPS) is 18.4. The smallest absolute Gasteiger partial charge is 0.338 e. The topological polar surface area (TPSA) is 89.5 Å². The SMILES string of the molecule is CCC1=C(C(=O)OC)C(c2ccc(OCc3ccccc3)c(OC)c2)N2C(CC(=O)NC3CC3)=CSC2=N1. The van der Waals surface area contributed by atoms with Crippen molar-refractivity contribution in [3.63, 3.8) is 0 Å². The first-order valence-electron chi connectivity index (χ1n) is 12.7. The van der Waals surface area contributed by atoms with E-state index in [9.17, 15) is 9.59 Å². The van der Waals surface area contributed by atoms with Crippen molar-refractivity contribution in [2.45, 2.75) is 51.3 Å². The van der Waals surface area contributed by atoms with Gasteiger partial charge in [0, 0.05) is 11.7 Å². The number of rotatable bonds is 10. The highest BCUT2D eigenvalue weighted by molar-refractivity contribution is 8.16. The molecule has 3 aliphatic rings. The standard InChI is InChI=1S/C29H31N3O5S/c1-4-22-26(28(34)36-3)27(32-21(17-38-29(32)31-22)15-25(33)30-20-11-12-20)19-10-13-23(24(14-19)35-2)37-16-18-8-6-5-7-9-18/h5-10,13-14,17,20,27H,4,11-12,15-16H2,1-3H3,(H,30,33). The number of amidine groups is 1. The Morgan fingerprint density at radius 2 is 1.89 bits per heavy atom. The Kier molecular flexibility index (Phi) is 7.74. The summed E-state index contributed by atoms with van der Waals surface area (Å²) in [5, 5.41) is 5.73. The molecular formula is C29H31N3O5S. The lowest BCUT2D eigenvalue weighted by Gasteiger charge is -2.36. The molecule has 1 saturated carbocycles. The van der Waals surface area contributed by atoms with E-state index in [4.69, 9.17) is 19.2 Å². The van der Waals surface area contributed by atoms with E-state index in [-0.39, 0.29) is 18.4 Å². The minimum Gasteiger partial charge on any atom is -0.493 e. The van der Waals surface area contributed by atoms with Crippen LogP contribution < -0.4 is 14.8 Å². The van der Waals surface area contributed by atoms with Gasteiger partial charge in [0.1, 0.15) is 6.61 Å². The number of methoxy groups -OCH3 is 2. The third kappa shape index (κ3) is 5.43. The van der Waals surface area contributed by atoms with E-state index in [1.807, 2.05) is 65.8 Å². The minimum absolute atomic E-state index is 0.0357. The molecule has 8 nitrogen and oxygen atoms in total. The number of carbonyl (C=O) groups is 2. The van der Waals surface area contributed by atoms with Crippen LogP contribution in [-0.4, -0.2) is 42.2 Å². The quantitative estimate of drug-likeness (QED) is 0.426. The largest absolute Gasteiger partial charge is 0.493 e. The van der Waals surface area contributed by atoms with Gasteiger partial charge in [-0.1, -0.05) is 55.1 Å². The molecule has 1 aliphatic carbocycles. The zero-order valence-corrected chi connectivity index (χ0v) is 22.5. The van der Waals surface area contributed by atoms with Gasteiger partial charge in [-0.25, -0.2) is 9.79 Å². The third-order valence-electron chi connectivity index (χ3n) is 6.65. The molecule has 1 atom stereocenters. The number of fused-ring (bicyclic) bond motifs is 1. The summed E-state index contributed by atoms with van der Waals surface area (Å²) < 4.78 is 17.0. The Bertz CT molecular complexity index is 1320. The van der Waals surface area contributed by atoms with E-state index in [0.717, 1.165) is 34.8 Å². The molecule has 2 aromatic carbocycles. The molecule has 38 heavy (non-hydrogen) atoms. The first-order valence-corrected chi connectivity index (χ1v) is 13.6. The highest BCUT2D eigenvalue weighted by atomic mass is 32.2. The van der Waals surface area contributed by atoms with E-state index in [2.05, 4.69) is 5.32 Å². The summed E-state index contributed by atoms with van der Waals surface area (Å²) in [4.78, 5) is 32.6. The number of hydrogen-bond donors (Lipinski definition) is 1. The molecule has 0 saturated heterocycles. The number of nitrogens with zero attached hydrogens (tertiary/aromatic N) is 2. The average molecular weight is 534 g/mol. The molecule has 0 aromatic heterocycles. The predicted molar refractivity (Wildman–Crippen MR) is 147 cm³/mol. The number of aliphatic imine (C=N–C) groups is 1. The maximum absolute atomic E-state index is 13.1. The van der Waals surface area contributed by atoms with Crippen molar-refractivity contribution >= 4 is 28.8 Å². The van der Waals surface area contributed by atoms with E-state index >= 15 is 0 Å². The molecule has 2 aliphatic heterocycles. The van der Waals surface area contributed by atoms with E-state index in [1.165, 1.54) is 18.9 Å². The van der Waals surface area contributed by atoms with Gasteiger partial charge < -0.3 is 24.4 Å². The van der Waals surface area contributed by atoms with Crippen LogP contribution >= 0.6 is 11.8 Å². The van der Waals surface area contributed by atoms with Gasteiger partial charge in [0.15, 0.2) is 16.7 Å². The van der Waals surface area contributed by atoms with Gasteiger partial charge in [-0.3, -0.25) is 4.79 Å². The molecule has 0 bridgehead atoms. The van der Waals surface area contributed by atoms with Crippen LogP contribution in [0, 0.1) is 0 Å². The molecule has 1 amide bonds. The lowest BCUT2D eigenvalue weighted by molar-refractivity contribution is -0.136. The number of nitrogens with one attached hydrogen (secondary N) is 1. The zero-order valence-electron chi connectivity index (χ0n) is 21.7. The maximum atomic E-state index is 13.1. The number of esters is 1. The number of allylic oxidation sites excluding steroid dienone is 1. The van der Waals surface area contributed by atoms with Gasteiger partial charge in [-0.2, -0.15) is 0 Å². The summed E-state index contributed by atoms with van der Waals surface area (Å²) in [7, 11) is 2.97. The van der Waals surface area contributed by atoms with Gasteiger partial charge in [0.25, 0.3) is 0 Å². The van der Waals surface area contributed by atoms with Gasteiger partial charge in [-0.15, -0.1) is 0 Å². The molecule has 1 N–H and O–H groups in total. The fraction of sp³-hybridized carbons (Fsp3) is 0.345. The fourth-order valence-corrected chi connectivity index (χ4v) is 5.54. The molecule has 0 radical (unpaired) electrons. The van der Waals surface area contributed by atoms with Crippen LogP contribution in [0.25, 0.3) is 0 Å². The number of ether oxygens (including phenoxy) is 3. The van der Waals surface area contributed by atoms with Crippen LogP contribution in [0.4, 0.5) is 0 Å². The first kappa shape index (κ1) is 25.9. The number of amides is 1. The Hall–Kier alpha value is -3.72. The van der Waals surface area contributed by atoms with Crippen LogP contribution in [0.2, 0.25) is 0 Å². The summed E-state index contributed by atoms with van der Waals surface area (Å²) in [5.41, 5.74) is 3.76. The second-order valence-electron chi connectivity index (χ2n) is 9.30. The summed E-state index contributed by atoms with van der Waals surface area (Å²) in [5.74, 6) is 0.663. The Balaban J connectivity index is 1.49. The zero-order chi connectivity index (χ0) is 26.6. The Morgan fingerprint density at radius 1 is 1.11 bits per heavy atom. The minimum atomic E-state index is -0.531. The average Bonchev–Trinajstić information content (AvgIpc) is 3.68. The first-order chi connectivity index (χ1) is 18.5. The summed E-state index contributed by atoms with van der Waals surface area (Å²) >= 11 is 1.46. The molecule has 5 rings (SSSR count). The molecular weight excluding hydrogens is 502 g/mol. The van der Waals surface area contributed by atoms with Crippen molar-refractivity contribution in [3.05, 3.63) is 82.0 Å². The van der Waals surface area contributed by atoms with Crippen molar-refractivity contribution in [2.24, 2.45) is 4.99 Å². The van der Waals surface area contributed by atoms with Crippen molar-refractivity contribution in [1.82, 2.24) is 10.2 Å². The lowest BCUT2D eigenvalue weighted by Crippen LogP contribution is -2.38. The second kappa shape index (κ2) is 11.3. The predicted octanol–water partition coefficient (Wildman–Crippen LogP) is 5.08. The third-order valence-corrected chi connectivity index (χ3v) is 7.54. The molecule has 2 heterocycles. The van der Waals surface area contributed by atoms with Crippen molar-refractivity contribution < 1.29 is 23.8 Å². The van der Waals surface area contributed by atoms with Crippen molar-refractivity contribution in [1.29, 1.82) is 0 Å². The Labute approximate surface area is 226 Å². The molecule has 1 unspecified atom stereocenters. The highest BCUT2D eigenvalue weighted by Crippen LogP contribution is 2.46. The molecule has 9 heteroatoms. The van der Waals surface area contributed by atoms with Crippen molar-refractivity contribution in [2.75, 3.05) is 14.2 Å². The number of benzene rings is 2. The van der Waals surface area contributed by atoms with Gasteiger partial charge in [0.2, 0.25) is 5.91 Å². The van der Waals surface area contributed by atoms with Crippen LogP contribution in [-0.2, 0) is 20.9 Å². The molecule has 0 spiro atoms. The molecule has 1 fully saturated rings. The van der Waals surface area contributed by atoms with Gasteiger partial charge in [-0.05, 0) is 47.9 Å². The van der Waals surface area contributed by atoms with Crippen LogP contribution in [0.1, 0.15) is 49.8 Å². The van der Waals surface area contributed by atoms with Gasteiger partial charge in [0.05, 0.1) is 38.0 Å².